The second kappa shape index (κ2) is 10.4. The lowest BCUT2D eigenvalue weighted by atomic mass is 10.2. The maximum absolute atomic E-state index is 13.0. The van der Waals surface area contributed by atoms with E-state index in [1.807, 2.05) is 13.8 Å². The number of carbonyl (C=O) groups excluding carboxylic acids is 1. The van der Waals surface area contributed by atoms with Gasteiger partial charge in [-0.1, -0.05) is 13.8 Å². The quantitative estimate of drug-likeness (QED) is 0.606. The Bertz CT molecular complexity index is 785. The van der Waals surface area contributed by atoms with Crippen LogP contribution in [0.25, 0.3) is 0 Å². The van der Waals surface area contributed by atoms with Crippen molar-refractivity contribution >= 4 is 21.6 Å². The summed E-state index contributed by atoms with van der Waals surface area (Å²) in [6.45, 7) is 12.3. The average Bonchev–Trinajstić information content (AvgIpc) is 2.63. The normalized spacial score (nSPS) is 22.5. The fourth-order valence-corrected chi connectivity index (χ4v) is 5.35. The number of sulfonamides is 1. The van der Waals surface area contributed by atoms with Gasteiger partial charge in [-0.3, -0.25) is 4.79 Å². The van der Waals surface area contributed by atoms with Crippen LogP contribution < -0.4 is 15.0 Å². The van der Waals surface area contributed by atoms with Crippen LogP contribution in [0.1, 0.15) is 34.6 Å². The van der Waals surface area contributed by atoms with Crippen molar-refractivity contribution in [3.05, 3.63) is 18.2 Å². The second-order valence-electron chi connectivity index (χ2n) is 7.32. The van der Waals surface area contributed by atoms with Gasteiger partial charge in [-0.2, -0.15) is 4.31 Å². The number of hydrogen-bond donors (Lipinski definition) is 2. The summed E-state index contributed by atoms with van der Waals surface area (Å²) >= 11 is 0. The molecule has 2 rings (SSSR count). The molecule has 1 amide bonds. The van der Waals surface area contributed by atoms with Crippen LogP contribution in [0.2, 0.25) is 0 Å². The molecule has 0 aliphatic carbocycles. The first-order chi connectivity index (χ1) is 13.7. The van der Waals surface area contributed by atoms with Crippen LogP contribution in [-0.4, -0.2) is 70.2 Å². The minimum atomic E-state index is -3.72. The predicted octanol–water partition coefficient (Wildman–Crippen LogP) is 0.746. The van der Waals surface area contributed by atoms with Crippen LogP contribution in [0.15, 0.2) is 23.1 Å². The lowest BCUT2D eigenvalue weighted by Crippen LogP contribution is -3.16. The average molecular weight is 429 g/mol. The maximum atomic E-state index is 13.0. The molecule has 1 fully saturated rings. The van der Waals surface area contributed by atoms with E-state index in [1.54, 1.807) is 32.9 Å². The molecule has 0 bridgehead atoms. The summed E-state index contributed by atoms with van der Waals surface area (Å²) in [5.41, 5.74) is 0.443. The highest BCUT2D eigenvalue weighted by molar-refractivity contribution is 7.89. The van der Waals surface area contributed by atoms with Gasteiger partial charge in [-0.25, -0.2) is 8.42 Å². The van der Waals surface area contributed by atoms with Crippen molar-refractivity contribution in [1.29, 1.82) is 0 Å². The summed E-state index contributed by atoms with van der Waals surface area (Å²) in [5, 5.41) is 2.84. The lowest BCUT2D eigenvalue weighted by molar-refractivity contribution is -0.907. The van der Waals surface area contributed by atoms with E-state index in [4.69, 9.17) is 9.47 Å². The second-order valence-corrected chi connectivity index (χ2v) is 9.23. The molecule has 0 radical (unpaired) electrons. The summed E-state index contributed by atoms with van der Waals surface area (Å²) in [7, 11) is -3.72. The molecule has 9 heteroatoms. The highest BCUT2D eigenvalue weighted by Gasteiger charge is 2.28. The summed E-state index contributed by atoms with van der Waals surface area (Å²) in [4.78, 5) is 13.8. The van der Waals surface area contributed by atoms with Crippen molar-refractivity contribution in [2.24, 2.45) is 0 Å². The highest BCUT2D eigenvalue weighted by Crippen LogP contribution is 2.30. The zero-order chi connectivity index (χ0) is 21.6. The smallest absolute Gasteiger partial charge is 0.279 e. The molecule has 1 aliphatic rings. The molecule has 1 aromatic carbocycles. The minimum Gasteiger partial charge on any atom is -0.492 e. The van der Waals surface area contributed by atoms with Crippen molar-refractivity contribution in [3.63, 3.8) is 0 Å². The molecule has 1 aliphatic heterocycles. The molecule has 2 atom stereocenters. The number of morpholine rings is 1. The van der Waals surface area contributed by atoms with E-state index in [2.05, 4.69) is 5.32 Å². The van der Waals surface area contributed by atoms with Crippen LogP contribution in [0.3, 0.4) is 0 Å². The molecule has 0 saturated carbocycles. The van der Waals surface area contributed by atoms with Gasteiger partial charge in [0, 0.05) is 18.8 Å². The Hall–Kier alpha value is -1.68. The van der Waals surface area contributed by atoms with Gasteiger partial charge >= 0.3 is 0 Å². The number of ether oxygens (including phenoxy) is 2. The number of rotatable bonds is 9. The van der Waals surface area contributed by atoms with E-state index in [9.17, 15) is 13.2 Å². The first kappa shape index (κ1) is 23.6. The van der Waals surface area contributed by atoms with Crippen LogP contribution in [0, 0.1) is 0 Å². The first-order valence-corrected chi connectivity index (χ1v) is 11.7. The molecule has 1 saturated heterocycles. The summed E-state index contributed by atoms with van der Waals surface area (Å²) in [6, 6.07) is 4.75. The molecule has 0 aromatic heterocycles. The summed E-state index contributed by atoms with van der Waals surface area (Å²) in [6.07, 6.45) is 0.218. The van der Waals surface area contributed by atoms with E-state index in [-0.39, 0.29) is 23.0 Å². The van der Waals surface area contributed by atoms with Gasteiger partial charge in [-0.05, 0) is 39.0 Å². The van der Waals surface area contributed by atoms with E-state index < -0.39 is 10.0 Å². The van der Waals surface area contributed by atoms with Crippen molar-refractivity contribution in [2.45, 2.75) is 51.7 Å². The van der Waals surface area contributed by atoms with Crippen molar-refractivity contribution in [3.8, 4) is 5.75 Å². The Morgan fingerprint density at radius 1 is 1.21 bits per heavy atom. The number of hydrogen-bond acceptors (Lipinski definition) is 5. The largest absolute Gasteiger partial charge is 0.492 e. The fraction of sp³-hybridized carbons (Fsp3) is 0.650. The van der Waals surface area contributed by atoms with Crippen LogP contribution in [0.4, 0.5) is 5.69 Å². The van der Waals surface area contributed by atoms with Gasteiger partial charge in [0.25, 0.3) is 5.91 Å². The molecule has 0 spiro atoms. The number of benzene rings is 1. The number of nitrogens with one attached hydrogen (secondary N) is 2. The summed E-state index contributed by atoms with van der Waals surface area (Å²) in [5.74, 6) is 0.135. The Labute approximate surface area is 174 Å². The van der Waals surface area contributed by atoms with Gasteiger partial charge in [0.2, 0.25) is 10.0 Å². The zero-order valence-electron chi connectivity index (χ0n) is 18.0. The molecule has 0 unspecified atom stereocenters. The molecule has 8 nitrogen and oxygen atoms in total. The lowest BCUT2D eigenvalue weighted by Gasteiger charge is -2.31. The van der Waals surface area contributed by atoms with Crippen molar-refractivity contribution in [2.75, 3.05) is 44.6 Å². The number of carbonyl (C=O) groups is 1. The van der Waals surface area contributed by atoms with Crippen molar-refractivity contribution in [1.82, 2.24) is 4.31 Å². The zero-order valence-corrected chi connectivity index (χ0v) is 18.8. The highest BCUT2D eigenvalue weighted by atomic mass is 32.2. The van der Waals surface area contributed by atoms with Crippen molar-refractivity contribution < 1.29 is 27.6 Å². The third kappa shape index (κ3) is 6.15. The van der Waals surface area contributed by atoms with Crippen LogP contribution in [-0.2, 0) is 19.6 Å². The molecular formula is C20H34N3O5S+. The van der Waals surface area contributed by atoms with Gasteiger partial charge in [0.15, 0.2) is 6.54 Å². The molecule has 1 aromatic rings. The SMILES string of the molecule is CCOc1ccc(NC(=O)C[NH+]2C[C@H](C)O[C@@H](C)C2)cc1S(=O)(=O)N(CC)CC. The molecule has 29 heavy (non-hydrogen) atoms. The van der Waals surface area contributed by atoms with Crippen LogP contribution >= 0.6 is 0 Å². The number of amides is 1. The minimum absolute atomic E-state index is 0.0711. The first-order valence-electron chi connectivity index (χ1n) is 10.3. The molecule has 2 N–H and O–H groups in total. The third-order valence-corrected chi connectivity index (χ3v) is 6.95. The Balaban J connectivity index is 2.20. The van der Waals surface area contributed by atoms with Crippen LogP contribution in [0.5, 0.6) is 5.75 Å². The number of quaternary nitrogens is 1. The topological polar surface area (TPSA) is 89.4 Å². The standard InChI is InChI=1S/C20H33N3O5S/c1-6-23(7-2)29(25,26)19-11-17(9-10-18(19)27-8-3)21-20(24)14-22-12-15(4)28-16(5)13-22/h9-11,15-16H,6-8,12-14H2,1-5H3,(H,21,24)/p+1/t15-,16-/m0/s1. The third-order valence-electron chi connectivity index (χ3n) is 4.88. The maximum Gasteiger partial charge on any atom is 0.279 e. The molecule has 1 heterocycles. The number of nitrogens with zero attached hydrogens (tertiary/aromatic N) is 1. The van der Waals surface area contributed by atoms with E-state index in [0.29, 0.717) is 37.7 Å². The summed E-state index contributed by atoms with van der Waals surface area (Å²) < 4.78 is 38.7. The molecular weight excluding hydrogens is 394 g/mol. The van der Waals surface area contributed by atoms with E-state index in [0.717, 1.165) is 18.0 Å². The fourth-order valence-electron chi connectivity index (χ4n) is 3.73. The van der Waals surface area contributed by atoms with Gasteiger partial charge < -0.3 is 19.7 Å². The number of anilines is 1. The Kier molecular flexibility index (Phi) is 8.45. The Morgan fingerprint density at radius 2 is 1.83 bits per heavy atom. The monoisotopic (exact) mass is 428 g/mol. The van der Waals surface area contributed by atoms with Gasteiger partial charge in [0.1, 0.15) is 35.9 Å². The predicted molar refractivity (Wildman–Crippen MR) is 112 cm³/mol. The van der Waals surface area contributed by atoms with E-state index >= 15 is 0 Å². The molecule has 164 valence electrons. The van der Waals surface area contributed by atoms with E-state index in [1.165, 1.54) is 10.4 Å². The van der Waals surface area contributed by atoms with Gasteiger partial charge in [0.05, 0.1) is 6.61 Å². The van der Waals surface area contributed by atoms with Gasteiger partial charge in [-0.15, -0.1) is 0 Å². The Morgan fingerprint density at radius 3 is 2.38 bits per heavy atom.